The van der Waals surface area contributed by atoms with Crippen LogP contribution in [0.5, 0.6) is 11.5 Å². The Hall–Kier alpha value is -10.2. The second kappa shape index (κ2) is 24.0. The zero-order valence-corrected chi connectivity index (χ0v) is 53.9. The van der Waals surface area contributed by atoms with Crippen LogP contribution in [0.2, 0.25) is 0 Å². The summed E-state index contributed by atoms with van der Waals surface area (Å²) < 4.78 is 24.3. The van der Waals surface area contributed by atoms with Crippen molar-refractivity contribution in [1.29, 1.82) is 0 Å². The monoisotopic (exact) mass is 1220 g/mol. The van der Waals surface area contributed by atoms with Gasteiger partial charge >= 0.3 is 0 Å². The lowest BCUT2D eigenvalue weighted by Gasteiger charge is -2.40. The molecule has 12 aromatic carbocycles. The van der Waals surface area contributed by atoms with Crippen molar-refractivity contribution >= 4 is 34.1 Å². The maximum absolute atomic E-state index is 6.53. The zero-order valence-electron chi connectivity index (χ0n) is 53.9. The first-order valence-corrected chi connectivity index (χ1v) is 33.4. The molecule has 0 N–H and O–H groups in total. The van der Waals surface area contributed by atoms with Gasteiger partial charge in [0.1, 0.15) is 11.5 Å². The predicted molar refractivity (Wildman–Crippen MR) is 383 cm³/mol. The van der Waals surface area contributed by atoms with Gasteiger partial charge in [-0.05, 0) is 202 Å². The normalized spacial score (nSPS) is 17.5. The van der Waals surface area contributed by atoms with E-state index in [4.69, 9.17) is 18.9 Å². The Kier molecular flexibility index (Phi) is 15.0. The molecule has 0 bridgehead atoms. The van der Waals surface area contributed by atoms with Crippen molar-refractivity contribution in [2.75, 3.05) is 49.4 Å². The van der Waals surface area contributed by atoms with Crippen LogP contribution in [-0.4, -0.2) is 39.6 Å². The number of nitrogens with zero attached hydrogens (tertiary/aromatic N) is 2. The summed E-state index contributed by atoms with van der Waals surface area (Å²) in [5.41, 5.74) is 24.9. The summed E-state index contributed by atoms with van der Waals surface area (Å²) in [4.78, 5) is 4.80. The van der Waals surface area contributed by atoms with Crippen LogP contribution in [0.4, 0.5) is 34.1 Å². The number of anilines is 6. The molecule has 2 aliphatic heterocycles. The molecule has 0 radical (unpaired) electrons. The Bertz CT molecular complexity index is 4380. The first-order chi connectivity index (χ1) is 46.2. The molecular weight excluding hydrogens is 1150 g/mol. The molecule has 16 rings (SSSR count). The molecule has 2 aliphatic carbocycles. The Balaban J connectivity index is 0.750. The number of aryl methyl sites for hydroxylation is 2. The lowest BCUT2D eigenvalue weighted by Crippen LogP contribution is -2.46. The van der Waals surface area contributed by atoms with Gasteiger partial charge in [-0.3, -0.25) is 0 Å². The minimum atomic E-state index is -0.611. The van der Waals surface area contributed by atoms with E-state index in [1.165, 1.54) is 77.9 Å². The van der Waals surface area contributed by atoms with Crippen LogP contribution in [0.25, 0.3) is 33.4 Å². The van der Waals surface area contributed by atoms with Crippen molar-refractivity contribution in [3.63, 3.8) is 0 Å². The first kappa shape index (κ1) is 58.8. The Morgan fingerprint density at radius 1 is 0.309 bits per heavy atom. The van der Waals surface area contributed by atoms with Crippen molar-refractivity contribution in [3.05, 3.63) is 347 Å². The number of ether oxygens (including phenoxy) is 4. The highest BCUT2D eigenvalue weighted by Gasteiger charge is 2.49. The average molecular weight is 1230 g/mol. The van der Waals surface area contributed by atoms with Gasteiger partial charge in [-0.25, -0.2) is 0 Å². The van der Waals surface area contributed by atoms with Crippen molar-refractivity contribution in [2.45, 2.75) is 51.4 Å². The molecule has 2 heterocycles. The Morgan fingerprint density at radius 2 is 0.617 bits per heavy atom. The highest BCUT2D eigenvalue weighted by molar-refractivity contribution is 5.92. The van der Waals surface area contributed by atoms with Gasteiger partial charge in [0.15, 0.2) is 0 Å². The summed E-state index contributed by atoms with van der Waals surface area (Å²) >= 11 is 0. The Morgan fingerprint density at radius 3 is 0.957 bits per heavy atom. The highest BCUT2D eigenvalue weighted by Crippen LogP contribution is 2.60. The number of rotatable bonds is 19. The molecule has 2 fully saturated rings. The molecule has 12 aromatic rings. The van der Waals surface area contributed by atoms with Crippen LogP contribution in [0.3, 0.4) is 0 Å². The van der Waals surface area contributed by atoms with Crippen LogP contribution < -0.4 is 19.3 Å². The number of para-hydroxylation sites is 2. The van der Waals surface area contributed by atoms with Gasteiger partial charge in [-0.1, -0.05) is 219 Å². The molecule has 0 spiro atoms. The van der Waals surface area contributed by atoms with E-state index in [1.54, 1.807) is 0 Å². The summed E-state index contributed by atoms with van der Waals surface area (Å²) in [5.74, 6) is 1.75. The molecule has 462 valence electrons. The number of hydrogen-bond donors (Lipinski definition) is 0. The number of hydrogen-bond acceptors (Lipinski definition) is 6. The third kappa shape index (κ3) is 9.93. The second-order valence-corrected chi connectivity index (χ2v) is 26.5. The van der Waals surface area contributed by atoms with E-state index < -0.39 is 10.8 Å². The number of benzene rings is 12. The largest absolute Gasteiger partial charge is 0.493 e. The topological polar surface area (TPSA) is 43.4 Å². The molecule has 0 saturated carbocycles. The summed E-state index contributed by atoms with van der Waals surface area (Å²) in [7, 11) is 0. The lowest BCUT2D eigenvalue weighted by atomic mass is 9.67. The summed E-state index contributed by atoms with van der Waals surface area (Å²) in [5, 5.41) is 0. The van der Waals surface area contributed by atoms with Gasteiger partial charge in [0.25, 0.3) is 0 Å². The number of fused-ring (bicyclic) bond motifs is 6. The molecule has 2 saturated heterocycles. The predicted octanol–water partition coefficient (Wildman–Crippen LogP) is 21.2. The fourth-order valence-electron chi connectivity index (χ4n) is 15.3. The zero-order chi connectivity index (χ0) is 63.4. The Labute approximate surface area is 553 Å². The molecule has 0 amide bonds. The first-order valence-electron chi connectivity index (χ1n) is 33.4. The van der Waals surface area contributed by atoms with Crippen molar-refractivity contribution in [2.24, 2.45) is 10.8 Å². The van der Waals surface area contributed by atoms with Crippen LogP contribution in [0.15, 0.2) is 291 Å². The average Bonchev–Trinajstić information content (AvgIpc) is 1.53. The molecule has 4 aliphatic rings. The van der Waals surface area contributed by atoms with E-state index in [0.717, 1.165) is 96.0 Å². The minimum Gasteiger partial charge on any atom is -0.493 e. The van der Waals surface area contributed by atoms with E-state index in [9.17, 15) is 0 Å². The van der Waals surface area contributed by atoms with Crippen LogP contribution in [0, 0.1) is 24.7 Å². The van der Waals surface area contributed by atoms with E-state index >= 15 is 0 Å². The molecule has 2 unspecified atom stereocenters. The van der Waals surface area contributed by atoms with E-state index in [2.05, 4.69) is 329 Å². The van der Waals surface area contributed by atoms with Gasteiger partial charge in [0, 0.05) is 34.1 Å². The van der Waals surface area contributed by atoms with Gasteiger partial charge in [-0.2, -0.15) is 0 Å². The van der Waals surface area contributed by atoms with E-state index in [0.29, 0.717) is 13.2 Å². The van der Waals surface area contributed by atoms with Crippen LogP contribution in [0.1, 0.15) is 82.3 Å². The summed E-state index contributed by atoms with van der Waals surface area (Å²) in [6, 6.07) is 108. The second-order valence-electron chi connectivity index (χ2n) is 26.5. The third-order valence-corrected chi connectivity index (χ3v) is 21.0. The third-order valence-electron chi connectivity index (χ3n) is 21.0. The molecule has 6 nitrogen and oxygen atoms in total. The van der Waals surface area contributed by atoms with Crippen molar-refractivity contribution in [3.8, 4) is 44.9 Å². The molecule has 0 aromatic heterocycles. The summed E-state index contributed by atoms with van der Waals surface area (Å²) in [6.07, 6.45) is 2.06. The summed E-state index contributed by atoms with van der Waals surface area (Å²) in [6.45, 7) is 13.1. The molecular formula is C88H76N2O4. The molecule has 6 heteroatoms. The minimum absolute atomic E-state index is 0.0821. The standard InChI is InChI=1S/C88H76N2O4/c1-5-85(55-91-56-85)59-93-75-47-37-67(38-48-75)87(65-33-25-61(3)26-34-65)81-23-15-13-21-77(81)79-51-45-73(53-83(79)87)89(69-17-9-7-10-18-69)71-41-29-63(30-42-71)64-31-43-72(44-32-64)90(70-19-11-8-12-20-70)74-46-52-80-78-22-14-16-24-82(78)88(84(80)54-74,66-35-27-62(4)28-36-66)68-39-49-76(50-40-68)94-60-86(6-2)57-92-58-86/h7-54H,5-6,55-60H2,1-4H3. The lowest BCUT2D eigenvalue weighted by molar-refractivity contribution is -0.133. The van der Waals surface area contributed by atoms with Crippen molar-refractivity contribution < 1.29 is 18.9 Å². The van der Waals surface area contributed by atoms with Gasteiger partial charge in [-0.15, -0.1) is 0 Å². The van der Waals surface area contributed by atoms with Gasteiger partial charge in [0.2, 0.25) is 0 Å². The van der Waals surface area contributed by atoms with Crippen LogP contribution in [-0.2, 0) is 20.3 Å². The quantitative estimate of drug-likeness (QED) is 0.0804. The smallest absolute Gasteiger partial charge is 0.119 e. The van der Waals surface area contributed by atoms with Gasteiger partial charge < -0.3 is 28.7 Å². The van der Waals surface area contributed by atoms with Crippen LogP contribution >= 0.6 is 0 Å². The molecule has 94 heavy (non-hydrogen) atoms. The fraction of sp³-hybridized carbons (Fsp3) is 0.182. The van der Waals surface area contributed by atoms with E-state index in [-0.39, 0.29) is 10.8 Å². The van der Waals surface area contributed by atoms with E-state index in [1.807, 2.05) is 0 Å². The SMILES string of the molecule is CCC1(COc2ccc(C3(c4ccc(C)cc4)c4ccccc4-c4ccc(N(c5ccccc5)c5ccc(-c6ccc(N(c7ccccc7)c7ccc8c(c7)C(c7ccc(C)cc7)(c7ccc(OCC9(CC)COC9)cc7)c7ccccc7-8)cc6)cc5)cc43)cc2)COC1. The maximum atomic E-state index is 6.53. The maximum Gasteiger partial charge on any atom is 0.119 e. The highest BCUT2D eigenvalue weighted by atomic mass is 16.5. The van der Waals surface area contributed by atoms with Crippen molar-refractivity contribution in [1.82, 2.24) is 0 Å². The fourth-order valence-corrected chi connectivity index (χ4v) is 15.3. The van der Waals surface area contributed by atoms with Gasteiger partial charge in [0.05, 0.1) is 61.3 Å². The molecule has 2 atom stereocenters.